The van der Waals surface area contributed by atoms with E-state index < -0.39 is 11.9 Å². The SMILES string of the molecule is CC(C)=CCC/C(C)=C/COC(=O)c1ccccc1C(=O)NC[C]=O. The van der Waals surface area contributed by atoms with E-state index in [-0.39, 0.29) is 24.3 Å². The van der Waals surface area contributed by atoms with Crippen molar-refractivity contribution >= 4 is 18.2 Å². The maximum atomic E-state index is 12.2. The van der Waals surface area contributed by atoms with Crippen molar-refractivity contribution in [2.75, 3.05) is 13.2 Å². The zero-order chi connectivity index (χ0) is 18.7. The predicted octanol–water partition coefficient (Wildman–Crippen LogP) is 3.38. The quantitative estimate of drug-likeness (QED) is 0.551. The van der Waals surface area contributed by atoms with E-state index in [4.69, 9.17) is 4.74 Å². The molecule has 1 rings (SSSR count). The zero-order valence-corrected chi connectivity index (χ0v) is 14.9. The highest BCUT2D eigenvalue weighted by atomic mass is 16.5. The Morgan fingerprint density at radius 2 is 1.80 bits per heavy atom. The van der Waals surface area contributed by atoms with Crippen LogP contribution in [-0.4, -0.2) is 31.3 Å². The molecule has 0 unspecified atom stereocenters. The molecule has 0 aromatic heterocycles. The van der Waals surface area contributed by atoms with E-state index in [9.17, 15) is 14.4 Å². The lowest BCUT2D eigenvalue weighted by Crippen LogP contribution is -2.27. The third-order valence-corrected chi connectivity index (χ3v) is 3.45. The first-order valence-electron chi connectivity index (χ1n) is 8.14. The molecule has 5 nitrogen and oxygen atoms in total. The molecule has 0 saturated carbocycles. The summed E-state index contributed by atoms with van der Waals surface area (Å²) in [7, 11) is 0. The zero-order valence-electron chi connectivity index (χ0n) is 14.9. The standard InChI is InChI=1S/C20H24NO4/c1-15(2)7-6-8-16(3)11-14-25-20(24)18-10-5-4-9-17(18)19(23)21-12-13-22/h4-5,7,9-11H,6,8,12,14H2,1-3H3,(H,21,23)/b16-11+. The van der Waals surface area contributed by atoms with Crippen LogP contribution < -0.4 is 5.32 Å². The van der Waals surface area contributed by atoms with Crippen LogP contribution >= 0.6 is 0 Å². The second kappa shape index (κ2) is 11.0. The number of rotatable bonds is 9. The Bertz CT molecular complexity index is 670. The third-order valence-electron chi connectivity index (χ3n) is 3.45. The molecule has 5 heteroatoms. The summed E-state index contributed by atoms with van der Waals surface area (Å²) in [5.74, 6) is -1.08. The highest BCUT2D eigenvalue weighted by Gasteiger charge is 2.17. The lowest BCUT2D eigenvalue weighted by atomic mass is 10.1. The summed E-state index contributed by atoms with van der Waals surface area (Å²) in [6, 6.07) is 6.33. The number of nitrogens with one attached hydrogen (secondary N) is 1. The van der Waals surface area contributed by atoms with E-state index in [1.165, 1.54) is 17.7 Å². The number of hydrogen-bond donors (Lipinski definition) is 1. The molecule has 0 fully saturated rings. The smallest absolute Gasteiger partial charge is 0.339 e. The minimum absolute atomic E-state index is 0.150. The number of amides is 1. The molecule has 133 valence electrons. The average molecular weight is 342 g/mol. The van der Waals surface area contributed by atoms with Crippen LogP contribution in [-0.2, 0) is 9.53 Å². The van der Waals surface area contributed by atoms with Crippen LogP contribution in [0.4, 0.5) is 0 Å². The molecule has 0 aliphatic carbocycles. The molecular formula is C20H24NO4. The van der Waals surface area contributed by atoms with E-state index in [1.54, 1.807) is 18.4 Å². The summed E-state index contributed by atoms with van der Waals surface area (Å²) in [4.78, 5) is 34.4. The van der Waals surface area contributed by atoms with Crippen molar-refractivity contribution in [1.29, 1.82) is 0 Å². The lowest BCUT2D eigenvalue weighted by Gasteiger charge is -2.08. The first-order valence-corrected chi connectivity index (χ1v) is 8.14. The molecule has 25 heavy (non-hydrogen) atoms. The highest BCUT2D eigenvalue weighted by Crippen LogP contribution is 2.11. The van der Waals surface area contributed by atoms with Crippen LogP contribution in [0, 0.1) is 0 Å². The molecule has 0 atom stereocenters. The number of hydrogen-bond acceptors (Lipinski definition) is 4. The first kappa shape index (κ1) is 20.4. The molecule has 0 heterocycles. The van der Waals surface area contributed by atoms with Gasteiger partial charge < -0.3 is 10.1 Å². The van der Waals surface area contributed by atoms with E-state index in [1.807, 2.05) is 13.0 Å². The summed E-state index contributed by atoms with van der Waals surface area (Å²) in [5.41, 5.74) is 2.76. The second-order valence-corrected chi connectivity index (χ2v) is 5.84. The molecule has 1 aromatic carbocycles. The number of ether oxygens (including phenoxy) is 1. The van der Waals surface area contributed by atoms with E-state index in [0.29, 0.717) is 0 Å². The molecule has 0 spiro atoms. The summed E-state index contributed by atoms with van der Waals surface area (Å²) < 4.78 is 5.23. The van der Waals surface area contributed by atoms with Crippen molar-refractivity contribution in [2.24, 2.45) is 0 Å². The van der Waals surface area contributed by atoms with Gasteiger partial charge in [0.2, 0.25) is 6.29 Å². The topological polar surface area (TPSA) is 72.5 Å². The number of allylic oxidation sites excluding steroid dienone is 3. The number of benzene rings is 1. The largest absolute Gasteiger partial charge is 0.458 e. The Kier molecular flexibility index (Phi) is 8.93. The number of carbonyl (C=O) groups is 2. The minimum atomic E-state index is -0.575. The van der Waals surface area contributed by atoms with Gasteiger partial charge in [0.15, 0.2) is 0 Å². The van der Waals surface area contributed by atoms with Gasteiger partial charge in [0.25, 0.3) is 5.91 Å². The molecule has 0 aliphatic heterocycles. The van der Waals surface area contributed by atoms with Crippen molar-refractivity contribution in [1.82, 2.24) is 5.32 Å². The van der Waals surface area contributed by atoms with E-state index >= 15 is 0 Å². The highest BCUT2D eigenvalue weighted by molar-refractivity contribution is 6.05. The Balaban J connectivity index is 2.64. The van der Waals surface area contributed by atoms with Gasteiger partial charge in [0.05, 0.1) is 17.7 Å². The van der Waals surface area contributed by atoms with Gasteiger partial charge in [0, 0.05) is 0 Å². The molecule has 0 aliphatic rings. The van der Waals surface area contributed by atoms with Gasteiger partial charge in [-0.15, -0.1) is 0 Å². The fraction of sp³-hybridized carbons (Fsp3) is 0.350. The Morgan fingerprint density at radius 1 is 1.12 bits per heavy atom. The van der Waals surface area contributed by atoms with Gasteiger partial charge in [-0.05, 0) is 51.8 Å². The molecule has 1 N–H and O–H groups in total. The molecule has 1 radical (unpaired) electrons. The number of esters is 1. The lowest BCUT2D eigenvalue weighted by molar-refractivity contribution is 0.0545. The van der Waals surface area contributed by atoms with Gasteiger partial charge >= 0.3 is 5.97 Å². The molecule has 0 bridgehead atoms. The number of carbonyl (C=O) groups excluding carboxylic acids is 3. The van der Waals surface area contributed by atoms with Crippen molar-refractivity contribution in [2.45, 2.75) is 33.6 Å². The molecule has 1 amide bonds. The molecular weight excluding hydrogens is 318 g/mol. The second-order valence-electron chi connectivity index (χ2n) is 5.84. The fourth-order valence-electron chi connectivity index (χ4n) is 2.10. The minimum Gasteiger partial charge on any atom is -0.458 e. The Morgan fingerprint density at radius 3 is 2.44 bits per heavy atom. The summed E-state index contributed by atoms with van der Waals surface area (Å²) >= 11 is 0. The Hall–Kier alpha value is -2.69. The summed E-state index contributed by atoms with van der Waals surface area (Å²) in [5, 5.41) is 2.36. The fourth-order valence-corrected chi connectivity index (χ4v) is 2.10. The van der Waals surface area contributed by atoms with Crippen LogP contribution in [0.5, 0.6) is 0 Å². The van der Waals surface area contributed by atoms with Crippen LogP contribution in [0.3, 0.4) is 0 Å². The normalized spacial score (nSPS) is 10.8. The van der Waals surface area contributed by atoms with Gasteiger partial charge in [-0.25, -0.2) is 4.79 Å². The van der Waals surface area contributed by atoms with Crippen molar-refractivity contribution in [3.05, 3.63) is 58.7 Å². The van der Waals surface area contributed by atoms with Crippen molar-refractivity contribution < 1.29 is 19.1 Å². The monoisotopic (exact) mass is 342 g/mol. The maximum absolute atomic E-state index is 12.2. The van der Waals surface area contributed by atoms with Gasteiger partial charge in [0.1, 0.15) is 6.61 Å². The maximum Gasteiger partial charge on any atom is 0.339 e. The van der Waals surface area contributed by atoms with E-state index in [0.717, 1.165) is 18.4 Å². The van der Waals surface area contributed by atoms with Gasteiger partial charge in [-0.1, -0.05) is 29.4 Å². The predicted molar refractivity (Wildman–Crippen MR) is 97.2 cm³/mol. The summed E-state index contributed by atoms with van der Waals surface area (Å²) in [6.45, 7) is 6.03. The summed E-state index contributed by atoms with van der Waals surface area (Å²) in [6.07, 6.45) is 7.46. The van der Waals surface area contributed by atoms with Gasteiger partial charge in [-0.2, -0.15) is 0 Å². The third kappa shape index (κ3) is 7.61. The van der Waals surface area contributed by atoms with Crippen LogP contribution in [0.25, 0.3) is 0 Å². The average Bonchev–Trinajstić information content (AvgIpc) is 2.59. The first-order chi connectivity index (χ1) is 12.0. The Labute approximate surface area is 148 Å². The van der Waals surface area contributed by atoms with Crippen LogP contribution in [0.2, 0.25) is 0 Å². The van der Waals surface area contributed by atoms with Crippen molar-refractivity contribution in [3.8, 4) is 0 Å². The van der Waals surface area contributed by atoms with Gasteiger partial charge in [-0.3, -0.25) is 9.59 Å². The van der Waals surface area contributed by atoms with E-state index in [2.05, 4.69) is 25.2 Å². The van der Waals surface area contributed by atoms with Crippen molar-refractivity contribution in [3.63, 3.8) is 0 Å². The molecule has 1 aromatic rings. The van der Waals surface area contributed by atoms with Crippen LogP contribution in [0.1, 0.15) is 54.3 Å². The van der Waals surface area contributed by atoms with Crippen LogP contribution in [0.15, 0.2) is 47.6 Å². The molecule has 0 saturated heterocycles.